The second kappa shape index (κ2) is 8.54. The van der Waals surface area contributed by atoms with Crippen molar-refractivity contribution in [3.05, 3.63) is 65.2 Å². The maximum Gasteiger partial charge on any atom is 0.246 e. The fraction of sp³-hybridized carbons (Fsp3) is 0.308. The molecule has 2 aliphatic heterocycles. The van der Waals surface area contributed by atoms with Crippen LogP contribution in [0.5, 0.6) is 11.5 Å². The first-order valence-corrected chi connectivity index (χ1v) is 11.1. The van der Waals surface area contributed by atoms with Gasteiger partial charge >= 0.3 is 0 Å². The Labute approximate surface area is 188 Å². The first-order valence-electron chi connectivity index (χ1n) is 11.1. The number of ether oxygens (including phenoxy) is 2. The Kier molecular flexibility index (Phi) is 5.43. The van der Waals surface area contributed by atoms with Crippen molar-refractivity contribution in [2.24, 2.45) is 0 Å². The van der Waals surface area contributed by atoms with Crippen LogP contribution < -0.4 is 14.4 Å². The van der Waals surface area contributed by atoms with E-state index in [9.17, 15) is 4.79 Å². The predicted molar refractivity (Wildman–Crippen MR) is 126 cm³/mol. The van der Waals surface area contributed by atoms with Gasteiger partial charge in [0, 0.05) is 37.6 Å². The van der Waals surface area contributed by atoms with E-state index in [1.54, 1.807) is 6.08 Å². The summed E-state index contributed by atoms with van der Waals surface area (Å²) in [5, 5.41) is 1.20. The number of benzene rings is 2. The van der Waals surface area contributed by atoms with Crippen molar-refractivity contribution in [1.82, 2.24) is 9.88 Å². The number of rotatable bonds is 3. The van der Waals surface area contributed by atoms with Crippen LogP contribution in [-0.4, -0.2) is 55.2 Å². The number of para-hydroxylation sites is 1. The van der Waals surface area contributed by atoms with Crippen LogP contribution >= 0.6 is 0 Å². The minimum absolute atomic E-state index is 0.0260. The molecule has 32 heavy (non-hydrogen) atoms. The van der Waals surface area contributed by atoms with Crippen LogP contribution in [0.2, 0.25) is 0 Å². The number of aromatic nitrogens is 1. The highest BCUT2D eigenvalue weighted by atomic mass is 16.6. The summed E-state index contributed by atoms with van der Waals surface area (Å²) in [6.07, 6.45) is 3.48. The van der Waals surface area contributed by atoms with Crippen molar-refractivity contribution in [2.45, 2.75) is 13.8 Å². The molecule has 3 aromatic rings. The molecule has 0 atom stereocenters. The average molecular weight is 430 g/mol. The van der Waals surface area contributed by atoms with Gasteiger partial charge in [0.05, 0.1) is 5.52 Å². The third-order valence-corrected chi connectivity index (χ3v) is 6.13. The van der Waals surface area contributed by atoms with Gasteiger partial charge in [-0.2, -0.15) is 0 Å². The molecule has 6 nitrogen and oxygen atoms in total. The van der Waals surface area contributed by atoms with Crippen LogP contribution in [0.25, 0.3) is 17.0 Å². The Morgan fingerprint density at radius 3 is 2.53 bits per heavy atom. The largest absolute Gasteiger partial charge is 0.486 e. The van der Waals surface area contributed by atoms with Crippen molar-refractivity contribution >= 4 is 28.7 Å². The minimum atomic E-state index is 0.0260. The van der Waals surface area contributed by atoms with Crippen molar-refractivity contribution in [3.8, 4) is 11.5 Å². The van der Waals surface area contributed by atoms with Gasteiger partial charge in [-0.3, -0.25) is 4.79 Å². The SMILES string of the molecule is Cc1cc(N2CCN(C(=O)/C=C\c3ccc4c(c3)OCCO4)CC2)nc2c(C)cccc12. The van der Waals surface area contributed by atoms with E-state index in [4.69, 9.17) is 14.5 Å². The number of piperazine rings is 1. The van der Waals surface area contributed by atoms with E-state index in [0.717, 1.165) is 41.5 Å². The lowest BCUT2D eigenvalue weighted by Crippen LogP contribution is -2.48. The highest BCUT2D eigenvalue weighted by Crippen LogP contribution is 2.31. The zero-order valence-corrected chi connectivity index (χ0v) is 18.5. The smallest absolute Gasteiger partial charge is 0.246 e. The Hall–Kier alpha value is -3.54. The van der Waals surface area contributed by atoms with Crippen LogP contribution in [0.15, 0.2) is 48.5 Å². The molecular weight excluding hydrogens is 402 g/mol. The lowest BCUT2D eigenvalue weighted by Gasteiger charge is -2.35. The van der Waals surface area contributed by atoms with E-state index in [2.05, 4.69) is 43.0 Å². The number of hydrogen-bond donors (Lipinski definition) is 0. The molecule has 1 fully saturated rings. The summed E-state index contributed by atoms with van der Waals surface area (Å²) < 4.78 is 11.2. The summed E-state index contributed by atoms with van der Waals surface area (Å²) in [7, 11) is 0. The third kappa shape index (κ3) is 4.00. The van der Waals surface area contributed by atoms with Gasteiger partial charge in [0.15, 0.2) is 11.5 Å². The fourth-order valence-electron chi connectivity index (χ4n) is 4.30. The lowest BCUT2D eigenvalue weighted by molar-refractivity contribution is -0.126. The molecule has 5 rings (SSSR count). The Balaban J connectivity index is 1.24. The number of anilines is 1. The van der Waals surface area contributed by atoms with Gasteiger partial charge in [-0.05, 0) is 54.8 Å². The zero-order chi connectivity index (χ0) is 22.1. The van der Waals surface area contributed by atoms with Crippen LogP contribution in [0.1, 0.15) is 16.7 Å². The molecular formula is C26H27N3O3. The lowest BCUT2D eigenvalue weighted by atomic mass is 10.1. The van der Waals surface area contributed by atoms with Crippen LogP contribution in [0.3, 0.4) is 0 Å². The van der Waals surface area contributed by atoms with Crippen LogP contribution in [0, 0.1) is 13.8 Å². The van der Waals surface area contributed by atoms with Crippen LogP contribution in [0.4, 0.5) is 5.82 Å². The molecule has 0 saturated carbocycles. The van der Waals surface area contributed by atoms with E-state index >= 15 is 0 Å². The summed E-state index contributed by atoms with van der Waals surface area (Å²) in [5.41, 5.74) is 4.40. The highest BCUT2D eigenvalue weighted by molar-refractivity contribution is 5.92. The number of carbonyl (C=O) groups is 1. The number of hydrogen-bond acceptors (Lipinski definition) is 5. The molecule has 1 saturated heterocycles. The number of pyridine rings is 1. The van der Waals surface area contributed by atoms with Crippen molar-refractivity contribution in [2.75, 3.05) is 44.3 Å². The number of aryl methyl sites for hydroxylation is 2. The van der Waals surface area contributed by atoms with Gasteiger partial charge in [0.2, 0.25) is 5.91 Å². The Bertz CT molecular complexity index is 1200. The van der Waals surface area contributed by atoms with Gasteiger partial charge in [-0.25, -0.2) is 4.98 Å². The van der Waals surface area contributed by atoms with Crippen molar-refractivity contribution in [1.29, 1.82) is 0 Å². The summed E-state index contributed by atoms with van der Waals surface area (Å²) in [6, 6.07) is 14.2. The minimum Gasteiger partial charge on any atom is -0.486 e. The molecule has 0 N–H and O–H groups in total. The molecule has 164 valence electrons. The number of carbonyl (C=O) groups excluding carboxylic acids is 1. The predicted octanol–water partition coefficient (Wildman–Crippen LogP) is 3.98. The van der Waals surface area contributed by atoms with E-state index in [1.807, 2.05) is 29.2 Å². The molecule has 1 aromatic heterocycles. The molecule has 1 amide bonds. The molecule has 2 aromatic carbocycles. The molecule has 0 aliphatic carbocycles. The number of amides is 1. The Morgan fingerprint density at radius 2 is 1.72 bits per heavy atom. The number of nitrogens with zero attached hydrogens (tertiary/aromatic N) is 3. The van der Waals surface area contributed by atoms with E-state index in [-0.39, 0.29) is 5.91 Å². The second-order valence-corrected chi connectivity index (χ2v) is 8.32. The normalized spacial score (nSPS) is 16.1. The van der Waals surface area contributed by atoms with E-state index in [0.29, 0.717) is 26.3 Å². The van der Waals surface area contributed by atoms with Gasteiger partial charge in [-0.1, -0.05) is 24.3 Å². The molecule has 6 heteroatoms. The first kappa shape index (κ1) is 20.4. The topological polar surface area (TPSA) is 54.9 Å². The molecule has 0 spiro atoms. The molecule has 0 unspecified atom stereocenters. The second-order valence-electron chi connectivity index (χ2n) is 8.32. The third-order valence-electron chi connectivity index (χ3n) is 6.13. The maximum absolute atomic E-state index is 12.7. The van der Waals surface area contributed by atoms with Gasteiger partial charge < -0.3 is 19.3 Å². The molecule has 2 aliphatic rings. The molecule has 0 radical (unpaired) electrons. The van der Waals surface area contributed by atoms with Crippen molar-refractivity contribution in [3.63, 3.8) is 0 Å². The Morgan fingerprint density at radius 1 is 0.938 bits per heavy atom. The highest BCUT2D eigenvalue weighted by Gasteiger charge is 2.21. The quantitative estimate of drug-likeness (QED) is 0.590. The monoisotopic (exact) mass is 429 g/mol. The van der Waals surface area contributed by atoms with E-state index < -0.39 is 0 Å². The summed E-state index contributed by atoms with van der Waals surface area (Å²) in [5.74, 6) is 2.50. The molecule has 3 heterocycles. The standard InChI is InChI=1S/C26H27N3O3/c1-18-4-3-5-21-19(2)16-24(27-26(18)21)28-10-12-29(13-11-28)25(30)9-7-20-6-8-22-23(17-20)32-15-14-31-22/h3-9,16-17H,10-15H2,1-2H3/b9-7-. The summed E-state index contributed by atoms with van der Waals surface area (Å²) in [4.78, 5) is 21.8. The first-order chi connectivity index (χ1) is 15.6. The number of fused-ring (bicyclic) bond motifs is 2. The fourth-order valence-corrected chi connectivity index (χ4v) is 4.30. The van der Waals surface area contributed by atoms with Gasteiger partial charge in [-0.15, -0.1) is 0 Å². The maximum atomic E-state index is 12.7. The summed E-state index contributed by atoms with van der Waals surface area (Å²) >= 11 is 0. The van der Waals surface area contributed by atoms with Crippen molar-refractivity contribution < 1.29 is 14.3 Å². The van der Waals surface area contributed by atoms with E-state index in [1.165, 1.54) is 16.5 Å². The van der Waals surface area contributed by atoms with Gasteiger partial charge in [0.1, 0.15) is 19.0 Å². The van der Waals surface area contributed by atoms with Gasteiger partial charge in [0.25, 0.3) is 0 Å². The van der Waals surface area contributed by atoms with Crippen LogP contribution in [-0.2, 0) is 4.79 Å². The zero-order valence-electron chi connectivity index (χ0n) is 18.5. The molecule has 0 bridgehead atoms. The summed E-state index contributed by atoms with van der Waals surface area (Å²) in [6.45, 7) is 8.25. The average Bonchev–Trinajstić information content (AvgIpc) is 2.83.